The number of aromatic nitrogens is 4. The summed E-state index contributed by atoms with van der Waals surface area (Å²) in [7, 11) is 1.61. The third-order valence-electron chi connectivity index (χ3n) is 6.04. The summed E-state index contributed by atoms with van der Waals surface area (Å²) in [4.78, 5) is 29.8. The number of ether oxygens (including phenoxy) is 2. The van der Waals surface area contributed by atoms with Gasteiger partial charge in [-0.15, -0.1) is 11.6 Å². The van der Waals surface area contributed by atoms with Crippen LogP contribution in [-0.2, 0) is 11.3 Å². The standard InChI is InChI=1S/C21H19Cl2N5O4/c1-21-10-27(23)20(30)32-15(7-22)16(21)18(21)28-19(29)17-14(8-25-28)24-11-26(17)9-12-3-5-13(31-2)6-4-12/h3-6,8,11,18H,7,9-10H2,1-2H3/t18?,21-/m0/s1. The molecule has 5 rings (SSSR count). The molecular weight excluding hydrogens is 457 g/mol. The number of benzene rings is 1. The molecule has 1 aliphatic carbocycles. The van der Waals surface area contributed by atoms with Gasteiger partial charge in [0, 0.05) is 29.3 Å². The molecule has 0 spiro atoms. The summed E-state index contributed by atoms with van der Waals surface area (Å²) in [6.07, 6.45) is 2.50. The van der Waals surface area contributed by atoms with Crippen LogP contribution >= 0.6 is 23.4 Å². The molecule has 1 amide bonds. The molecule has 2 aliphatic rings. The molecule has 0 bridgehead atoms. The van der Waals surface area contributed by atoms with Crippen LogP contribution in [-0.4, -0.2) is 49.4 Å². The Bertz CT molecular complexity index is 1320. The van der Waals surface area contributed by atoms with Crippen molar-refractivity contribution in [2.75, 3.05) is 19.5 Å². The number of methoxy groups -OCH3 is 1. The minimum Gasteiger partial charge on any atom is -0.497 e. The average molecular weight is 476 g/mol. The highest BCUT2D eigenvalue weighted by Gasteiger charge is 2.63. The number of carbonyl (C=O) groups excluding carboxylic acids is 1. The highest BCUT2D eigenvalue weighted by atomic mass is 35.5. The van der Waals surface area contributed by atoms with Crippen LogP contribution in [0.2, 0.25) is 0 Å². The van der Waals surface area contributed by atoms with Gasteiger partial charge in [-0.2, -0.15) is 5.10 Å². The van der Waals surface area contributed by atoms with E-state index in [9.17, 15) is 9.59 Å². The van der Waals surface area contributed by atoms with Crippen LogP contribution < -0.4 is 10.3 Å². The monoisotopic (exact) mass is 475 g/mol. The summed E-state index contributed by atoms with van der Waals surface area (Å²) >= 11 is 12.1. The van der Waals surface area contributed by atoms with Crippen LogP contribution in [0.5, 0.6) is 5.75 Å². The Balaban J connectivity index is 1.56. The molecule has 2 aromatic heterocycles. The van der Waals surface area contributed by atoms with Gasteiger partial charge in [0.1, 0.15) is 22.5 Å². The number of carbonyl (C=O) groups is 1. The van der Waals surface area contributed by atoms with E-state index in [2.05, 4.69) is 10.1 Å². The minimum atomic E-state index is -0.685. The summed E-state index contributed by atoms with van der Waals surface area (Å²) < 4.78 is 14.7. The molecule has 1 aromatic carbocycles. The van der Waals surface area contributed by atoms with Crippen molar-refractivity contribution in [1.29, 1.82) is 0 Å². The second-order valence-electron chi connectivity index (χ2n) is 8.03. The van der Waals surface area contributed by atoms with Gasteiger partial charge in [0.2, 0.25) is 0 Å². The zero-order valence-electron chi connectivity index (χ0n) is 17.3. The normalized spacial score (nSPS) is 22.6. The molecule has 166 valence electrons. The number of allylic oxidation sites excluding steroid dienone is 1. The number of halogens is 2. The second-order valence-corrected chi connectivity index (χ2v) is 8.70. The first kappa shape index (κ1) is 20.8. The zero-order chi connectivity index (χ0) is 22.6. The van der Waals surface area contributed by atoms with Crippen molar-refractivity contribution in [3.05, 3.63) is 64.0 Å². The Morgan fingerprint density at radius 2 is 2.03 bits per heavy atom. The lowest BCUT2D eigenvalue weighted by Gasteiger charge is -2.17. The Kier molecular flexibility index (Phi) is 4.90. The summed E-state index contributed by atoms with van der Waals surface area (Å²) in [6, 6.07) is 7.18. The van der Waals surface area contributed by atoms with Crippen molar-refractivity contribution in [2.24, 2.45) is 5.41 Å². The lowest BCUT2D eigenvalue weighted by Crippen LogP contribution is -2.31. The number of hydrogen-bond acceptors (Lipinski definition) is 6. The minimum absolute atomic E-state index is 0.00963. The third kappa shape index (κ3) is 3.15. The van der Waals surface area contributed by atoms with Gasteiger partial charge in [-0.25, -0.2) is 18.9 Å². The largest absolute Gasteiger partial charge is 0.497 e. The Morgan fingerprint density at radius 1 is 1.28 bits per heavy atom. The van der Waals surface area contributed by atoms with E-state index in [-0.39, 0.29) is 18.0 Å². The maximum atomic E-state index is 13.5. The van der Waals surface area contributed by atoms with E-state index in [1.165, 1.54) is 4.68 Å². The van der Waals surface area contributed by atoms with Gasteiger partial charge in [-0.1, -0.05) is 19.1 Å². The average Bonchev–Trinajstić information content (AvgIpc) is 3.18. The number of amides is 1. The van der Waals surface area contributed by atoms with E-state index >= 15 is 0 Å². The van der Waals surface area contributed by atoms with Gasteiger partial charge >= 0.3 is 6.09 Å². The van der Waals surface area contributed by atoms with Crippen molar-refractivity contribution in [3.8, 4) is 5.75 Å². The molecule has 1 aliphatic heterocycles. The van der Waals surface area contributed by atoms with Crippen molar-refractivity contribution < 1.29 is 14.3 Å². The summed E-state index contributed by atoms with van der Waals surface area (Å²) in [6.45, 7) is 2.54. The fraction of sp³-hybridized carbons (Fsp3) is 0.333. The predicted molar refractivity (Wildman–Crippen MR) is 118 cm³/mol. The fourth-order valence-corrected chi connectivity index (χ4v) is 4.87. The first-order chi connectivity index (χ1) is 15.4. The van der Waals surface area contributed by atoms with Crippen LogP contribution in [0, 0.1) is 5.41 Å². The summed E-state index contributed by atoms with van der Waals surface area (Å²) in [5.74, 6) is 1.06. The molecule has 9 nitrogen and oxygen atoms in total. The van der Waals surface area contributed by atoms with Crippen LogP contribution in [0.1, 0.15) is 18.5 Å². The number of rotatable bonds is 5. The van der Waals surface area contributed by atoms with E-state index < -0.39 is 17.6 Å². The van der Waals surface area contributed by atoms with Crippen molar-refractivity contribution >= 4 is 40.5 Å². The fourth-order valence-electron chi connectivity index (χ4n) is 4.39. The Morgan fingerprint density at radius 3 is 2.72 bits per heavy atom. The van der Waals surface area contributed by atoms with Gasteiger partial charge in [-0.3, -0.25) is 4.79 Å². The van der Waals surface area contributed by atoms with Crippen LogP contribution in [0.15, 0.2) is 52.9 Å². The van der Waals surface area contributed by atoms with E-state index in [4.69, 9.17) is 32.9 Å². The lowest BCUT2D eigenvalue weighted by molar-refractivity contribution is 0.153. The maximum absolute atomic E-state index is 13.5. The molecule has 1 fully saturated rings. The number of imidazole rings is 1. The molecular formula is C21H19Cl2N5O4. The second kappa shape index (κ2) is 7.53. The van der Waals surface area contributed by atoms with Crippen molar-refractivity contribution in [1.82, 2.24) is 23.8 Å². The van der Waals surface area contributed by atoms with E-state index in [0.717, 1.165) is 21.3 Å². The number of nitrogens with zero attached hydrogens (tertiary/aromatic N) is 5. The SMILES string of the molecule is COc1ccc(Cn2cnc3cnn(C4C5=C(CCl)OC(=O)N(Cl)C[C@@]54C)c(=O)c32)cc1. The molecule has 1 saturated carbocycles. The third-order valence-corrected chi connectivity index (χ3v) is 6.54. The number of cyclic esters (lactones) is 1. The Labute approximate surface area is 192 Å². The highest BCUT2D eigenvalue weighted by molar-refractivity contribution is 6.21. The van der Waals surface area contributed by atoms with Crippen LogP contribution in [0.4, 0.5) is 4.79 Å². The molecule has 2 atom stereocenters. The molecule has 1 unspecified atom stereocenters. The summed E-state index contributed by atoms with van der Waals surface area (Å²) in [5.41, 5.74) is 1.79. The molecule has 11 heteroatoms. The van der Waals surface area contributed by atoms with E-state index in [1.807, 2.05) is 31.2 Å². The van der Waals surface area contributed by atoms with E-state index in [0.29, 0.717) is 23.3 Å². The molecule has 0 radical (unpaired) electrons. The summed E-state index contributed by atoms with van der Waals surface area (Å²) in [5, 5.41) is 4.36. The maximum Gasteiger partial charge on any atom is 0.429 e. The Hall–Kier alpha value is -3.04. The lowest BCUT2D eigenvalue weighted by atomic mass is 10.1. The van der Waals surface area contributed by atoms with Gasteiger partial charge < -0.3 is 14.0 Å². The first-order valence-electron chi connectivity index (χ1n) is 9.87. The smallest absolute Gasteiger partial charge is 0.429 e. The predicted octanol–water partition coefficient (Wildman–Crippen LogP) is 3.31. The van der Waals surface area contributed by atoms with Gasteiger partial charge in [0.25, 0.3) is 5.56 Å². The molecule has 3 heterocycles. The van der Waals surface area contributed by atoms with Crippen LogP contribution in [0.3, 0.4) is 0 Å². The zero-order valence-corrected chi connectivity index (χ0v) is 18.8. The van der Waals surface area contributed by atoms with Gasteiger partial charge in [0.05, 0.1) is 38.1 Å². The first-order valence-corrected chi connectivity index (χ1v) is 10.7. The molecule has 0 N–H and O–H groups in total. The number of hydrogen-bond donors (Lipinski definition) is 0. The van der Waals surface area contributed by atoms with Crippen molar-refractivity contribution in [2.45, 2.75) is 19.5 Å². The number of fused-ring (bicyclic) bond motifs is 2. The quantitative estimate of drug-likeness (QED) is 0.415. The molecule has 3 aromatic rings. The van der Waals surface area contributed by atoms with Gasteiger partial charge in [0.15, 0.2) is 0 Å². The topological polar surface area (TPSA) is 91.5 Å². The number of alkyl halides is 1. The highest BCUT2D eigenvalue weighted by Crippen LogP contribution is 2.64. The van der Waals surface area contributed by atoms with Crippen molar-refractivity contribution in [3.63, 3.8) is 0 Å². The molecule has 32 heavy (non-hydrogen) atoms. The van der Waals surface area contributed by atoms with Gasteiger partial charge in [-0.05, 0) is 17.7 Å². The molecule has 0 saturated heterocycles. The van der Waals surface area contributed by atoms with Crippen LogP contribution in [0.25, 0.3) is 11.0 Å². The van der Waals surface area contributed by atoms with E-state index in [1.54, 1.807) is 24.2 Å².